The number of carbonyl (C=O) groups is 2. The second kappa shape index (κ2) is 7.32. The molecule has 0 saturated carbocycles. The van der Waals surface area contributed by atoms with Gasteiger partial charge in [0.15, 0.2) is 0 Å². The summed E-state index contributed by atoms with van der Waals surface area (Å²) in [6.07, 6.45) is -4.94. The van der Waals surface area contributed by atoms with E-state index in [2.05, 4.69) is 0 Å². The number of hydrogen-bond acceptors (Lipinski definition) is 2. The zero-order valence-corrected chi connectivity index (χ0v) is 13.8. The first-order valence-electron chi connectivity index (χ1n) is 7.60. The molecule has 1 aromatic rings. The molecule has 0 radical (unpaired) electrons. The molecule has 0 spiro atoms. The van der Waals surface area contributed by atoms with Crippen molar-refractivity contribution in [3.8, 4) is 0 Å². The predicted molar refractivity (Wildman–Crippen MR) is 81.5 cm³/mol. The van der Waals surface area contributed by atoms with Gasteiger partial charge in [0.1, 0.15) is 11.6 Å². The highest BCUT2D eigenvalue weighted by molar-refractivity contribution is 5.89. The Morgan fingerprint density at radius 2 is 1.75 bits per heavy atom. The fraction of sp³-hybridized carbons (Fsp3) is 0.529. The first kappa shape index (κ1) is 20.1. The molecule has 1 rings (SSSR count). The summed E-state index contributed by atoms with van der Waals surface area (Å²) in [5, 5.41) is 0. The standard InChI is InChI=1S/C17H21F4NO2/c1-4-14(23)9-16(10(2)3,15(22)24)8-11-5-12(17(19,20)21)7-13(18)6-11/h5-7,10H,4,8-9H2,1-3H3,(H2,22,24). The summed E-state index contributed by atoms with van der Waals surface area (Å²) in [5.74, 6) is -2.46. The average Bonchev–Trinajstić information content (AvgIpc) is 2.44. The van der Waals surface area contributed by atoms with Gasteiger partial charge in [-0.25, -0.2) is 4.39 Å². The second-order valence-corrected chi connectivity index (χ2v) is 6.27. The van der Waals surface area contributed by atoms with Crippen LogP contribution in [0.3, 0.4) is 0 Å². The van der Waals surface area contributed by atoms with E-state index < -0.39 is 34.8 Å². The monoisotopic (exact) mass is 347 g/mol. The quantitative estimate of drug-likeness (QED) is 0.761. The van der Waals surface area contributed by atoms with Crippen molar-refractivity contribution in [2.75, 3.05) is 0 Å². The van der Waals surface area contributed by atoms with Gasteiger partial charge in [-0.1, -0.05) is 20.8 Å². The van der Waals surface area contributed by atoms with Crippen LogP contribution in [0, 0.1) is 17.2 Å². The molecule has 1 atom stereocenters. The van der Waals surface area contributed by atoms with Gasteiger partial charge in [0.2, 0.25) is 5.91 Å². The van der Waals surface area contributed by atoms with Gasteiger partial charge in [0.05, 0.1) is 11.0 Å². The van der Waals surface area contributed by atoms with E-state index >= 15 is 0 Å². The molecule has 24 heavy (non-hydrogen) atoms. The maximum atomic E-state index is 13.6. The SMILES string of the molecule is CCC(=O)CC(Cc1cc(F)cc(C(F)(F)F)c1)(C(N)=O)C(C)C. The Morgan fingerprint density at radius 3 is 2.17 bits per heavy atom. The van der Waals surface area contributed by atoms with Gasteiger partial charge in [-0.15, -0.1) is 0 Å². The lowest BCUT2D eigenvalue weighted by molar-refractivity contribution is -0.138. The second-order valence-electron chi connectivity index (χ2n) is 6.27. The zero-order chi connectivity index (χ0) is 18.7. The minimum atomic E-state index is -4.71. The summed E-state index contributed by atoms with van der Waals surface area (Å²) in [4.78, 5) is 23.9. The van der Waals surface area contributed by atoms with E-state index in [0.29, 0.717) is 6.07 Å². The number of primary amides is 1. The minimum Gasteiger partial charge on any atom is -0.369 e. The number of carbonyl (C=O) groups excluding carboxylic acids is 2. The van der Waals surface area contributed by atoms with Crippen molar-refractivity contribution in [1.82, 2.24) is 0 Å². The van der Waals surface area contributed by atoms with Crippen LogP contribution in [0.5, 0.6) is 0 Å². The summed E-state index contributed by atoms with van der Waals surface area (Å²) in [7, 11) is 0. The van der Waals surface area contributed by atoms with Crippen LogP contribution in [-0.2, 0) is 22.2 Å². The predicted octanol–water partition coefficient (Wildman–Crippen LogP) is 3.88. The van der Waals surface area contributed by atoms with Crippen LogP contribution in [0.25, 0.3) is 0 Å². The molecule has 0 aliphatic rings. The largest absolute Gasteiger partial charge is 0.416 e. The van der Waals surface area contributed by atoms with E-state index in [1.165, 1.54) is 0 Å². The topological polar surface area (TPSA) is 60.2 Å². The number of hydrogen-bond donors (Lipinski definition) is 1. The third kappa shape index (κ3) is 4.55. The van der Waals surface area contributed by atoms with Crippen molar-refractivity contribution < 1.29 is 27.2 Å². The molecule has 0 aromatic heterocycles. The molecule has 1 aromatic carbocycles. The molecular weight excluding hydrogens is 326 g/mol. The zero-order valence-electron chi connectivity index (χ0n) is 13.8. The van der Waals surface area contributed by atoms with Crippen LogP contribution in [-0.4, -0.2) is 11.7 Å². The maximum Gasteiger partial charge on any atom is 0.416 e. The van der Waals surface area contributed by atoms with Gasteiger partial charge < -0.3 is 5.73 Å². The summed E-state index contributed by atoms with van der Waals surface area (Å²) in [5.41, 5.74) is 2.97. The van der Waals surface area contributed by atoms with Gasteiger partial charge in [0, 0.05) is 12.8 Å². The van der Waals surface area contributed by atoms with E-state index in [-0.39, 0.29) is 30.6 Å². The molecule has 0 heterocycles. The normalized spacial score (nSPS) is 14.5. The number of nitrogens with two attached hydrogens (primary N) is 1. The van der Waals surface area contributed by atoms with Crippen molar-refractivity contribution in [1.29, 1.82) is 0 Å². The summed E-state index contributed by atoms with van der Waals surface area (Å²) < 4.78 is 52.1. The van der Waals surface area contributed by atoms with Gasteiger partial charge in [-0.05, 0) is 36.1 Å². The third-order valence-electron chi connectivity index (χ3n) is 4.31. The van der Waals surface area contributed by atoms with Crippen LogP contribution >= 0.6 is 0 Å². The van der Waals surface area contributed by atoms with Crippen LogP contribution in [0.15, 0.2) is 18.2 Å². The molecule has 1 amide bonds. The number of ketones is 1. The Labute approximate surface area is 138 Å². The lowest BCUT2D eigenvalue weighted by Crippen LogP contribution is -2.45. The summed E-state index contributed by atoms with van der Waals surface area (Å²) in [6, 6.07) is 2.12. The van der Waals surface area contributed by atoms with Gasteiger partial charge in [-0.3, -0.25) is 9.59 Å². The van der Waals surface area contributed by atoms with Crippen LogP contribution in [0.1, 0.15) is 44.7 Å². The van der Waals surface area contributed by atoms with Crippen LogP contribution in [0.4, 0.5) is 17.6 Å². The number of rotatable bonds is 7. The first-order valence-corrected chi connectivity index (χ1v) is 7.60. The van der Waals surface area contributed by atoms with Gasteiger partial charge in [0.25, 0.3) is 0 Å². The Hall–Kier alpha value is -1.92. The third-order valence-corrected chi connectivity index (χ3v) is 4.31. The highest BCUT2D eigenvalue weighted by Crippen LogP contribution is 2.38. The molecule has 3 nitrogen and oxygen atoms in total. The first-order chi connectivity index (χ1) is 10.9. The molecule has 0 aliphatic heterocycles. The molecule has 0 fully saturated rings. The van der Waals surface area contributed by atoms with Crippen molar-refractivity contribution in [3.63, 3.8) is 0 Å². The maximum absolute atomic E-state index is 13.6. The molecule has 2 N–H and O–H groups in total. The van der Waals surface area contributed by atoms with E-state index in [1.54, 1.807) is 20.8 Å². The number of halogens is 4. The van der Waals surface area contributed by atoms with Crippen molar-refractivity contribution in [3.05, 3.63) is 35.1 Å². The molecule has 0 bridgehead atoms. The van der Waals surface area contributed by atoms with Gasteiger partial charge >= 0.3 is 6.18 Å². The Morgan fingerprint density at radius 1 is 1.17 bits per heavy atom. The van der Waals surface area contributed by atoms with E-state index in [4.69, 9.17) is 5.73 Å². The van der Waals surface area contributed by atoms with Crippen molar-refractivity contribution in [2.24, 2.45) is 17.1 Å². The molecule has 7 heteroatoms. The molecule has 0 aliphatic carbocycles. The Balaban J connectivity index is 3.36. The number of alkyl halides is 3. The lowest BCUT2D eigenvalue weighted by atomic mass is 9.68. The van der Waals surface area contributed by atoms with Crippen molar-refractivity contribution in [2.45, 2.75) is 46.2 Å². The van der Waals surface area contributed by atoms with E-state index in [1.807, 2.05) is 0 Å². The van der Waals surface area contributed by atoms with Gasteiger partial charge in [-0.2, -0.15) is 13.2 Å². The fourth-order valence-electron chi connectivity index (χ4n) is 2.69. The van der Waals surface area contributed by atoms with Crippen molar-refractivity contribution >= 4 is 11.7 Å². The number of benzene rings is 1. The fourth-order valence-corrected chi connectivity index (χ4v) is 2.69. The lowest BCUT2D eigenvalue weighted by Gasteiger charge is -2.34. The van der Waals surface area contributed by atoms with E-state index in [0.717, 1.165) is 12.1 Å². The molecular formula is C17H21F4NO2. The number of amides is 1. The van der Waals surface area contributed by atoms with Crippen LogP contribution in [0.2, 0.25) is 0 Å². The smallest absolute Gasteiger partial charge is 0.369 e. The highest BCUT2D eigenvalue weighted by atomic mass is 19.4. The summed E-state index contributed by atoms with van der Waals surface area (Å²) >= 11 is 0. The van der Waals surface area contributed by atoms with E-state index in [9.17, 15) is 27.2 Å². The van der Waals surface area contributed by atoms with Crippen LogP contribution < -0.4 is 5.73 Å². The highest BCUT2D eigenvalue weighted by Gasteiger charge is 2.42. The molecule has 134 valence electrons. The Bertz CT molecular complexity index is 626. The minimum absolute atomic E-state index is 0.0151. The summed E-state index contributed by atoms with van der Waals surface area (Å²) in [6.45, 7) is 4.95. The molecule has 0 saturated heterocycles. The number of Topliss-reactive ketones (excluding diaryl/α,β-unsaturated/α-hetero) is 1. The average molecular weight is 347 g/mol. The molecule has 1 unspecified atom stereocenters. The Kier molecular flexibility index (Phi) is 6.14.